The Hall–Kier alpha value is -1.46. The molecule has 0 bridgehead atoms. The van der Waals surface area contributed by atoms with E-state index in [-0.39, 0.29) is 5.91 Å². The Kier molecular flexibility index (Phi) is 3.93. The number of halogens is 1. The molecule has 0 aliphatic heterocycles. The summed E-state index contributed by atoms with van der Waals surface area (Å²) in [6, 6.07) is 3.75. The molecule has 1 amide bonds. The van der Waals surface area contributed by atoms with E-state index in [0.717, 1.165) is 10.6 Å². The van der Waals surface area contributed by atoms with E-state index in [2.05, 4.69) is 9.97 Å². The first-order valence-electron chi connectivity index (χ1n) is 5.48. The lowest BCUT2D eigenvalue weighted by Crippen LogP contribution is -2.27. The van der Waals surface area contributed by atoms with Crippen molar-refractivity contribution in [1.29, 1.82) is 0 Å². The zero-order valence-corrected chi connectivity index (χ0v) is 11.6. The molecule has 0 saturated heterocycles. The smallest absolute Gasteiger partial charge is 0.224 e. The Balaban J connectivity index is 2.41. The lowest BCUT2D eigenvalue weighted by Gasteiger charge is -2.16. The standard InChI is InChI=1S/C12H12ClN3OS/c1-3-16(8(2)17)12-10(13)15-11(18-12)9-5-4-6-14-7-9/h4-7H,3H2,1-2H3. The maximum absolute atomic E-state index is 11.5. The van der Waals surface area contributed by atoms with Crippen LogP contribution in [0.3, 0.4) is 0 Å². The molecular formula is C12H12ClN3OS. The van der Waals surface area contributed by atoms with Crippen molar-refractivity contribution in [1.82, 2.24) is 9.97 Å². The number of pyridine rings is 1. The molecule has 0 fully saturated rings. The number of carbonyl (C=O) groups is 1. The Morgan fingerprint density at radius 3 is 2.89 bits per heavy atom. The second-order valence-corrected chi connectivity index (χ2v) is 4.96. The number of carbonyl (C=O) groups excluding carboxylic acids is 1. The number of aromatic nitrogens is 2. The fourth-order valence-corrected chi connectivity index (χ4v) is 2.99. The molecule has 2 aromatic rings. The van der Waals surface area contributed by atoms with Gasteiger partial charge in [-0.1, -0.05) is 22.9 Å². The molecule has 0 aromatic carbocycles. The number of hydrogen-bond donors (Lipinski definition) is 0. The van der Waals surface area contributed by atoms with Gasteiger partial charge < -0.3 is 4.90 Å². The minimum Gasteiger partial charge on any atom is -0.302 e. The quantitative estimate of drug-likeness (QED) is 0.868. The third-order valence-corrected chi connectivity index (χ3v) is 3.92. The van der Waals surface area contributed by atoms with E-state index >= 15 is 0 Å². The van der Waals surface area contributed by atoms with E-state index in [1.165, 1.54) is 18.3 Å². The molecular weight excluding hydrogens is 270 g/mol. The van der Waals surface area contributed by atoms with Crippen LogP contribution >= 0.6 is 22.9 Å². The zero-order chi connectivity index (χ0) is 13.1. The monoisotopic (exact) mass is 281 g/mol. The van der Waals surface area contributed by atoms with Crippen LogP contribution in [0.1, 0.15) is 13.8 Å². The van der Waals surface area contributed by atoms with Gasteiger partial charge >= 0.3 is 0 Å². The Morgan fingerprint density at radius 1 is 1.56 bits per heavy atom. The summed E-state index contributed by atoms with van der Waals surface area (Å²) in [6.45, 7) is 3.99. The van der Waals surface area contributed by atoms with Crippen LogP contribution in [0.4, 0.5) is 5.00 Å². The first-order chi connectivity index (χ1) is 8.63. The molecule has 0 radical (unpaired) electrons. The van der Waals surface area contributed by atoms with Gasteiger partial charge in [-0.25, -0.2) is 4.98 Å². The zero-order valence-electron chi connectivity index (χ0n) is 10.1. The van der Waals surface area contributed by atoms with Crippen molar-refractivity contribution in [2.75, 3.05) is 11.4 Å². The summed E-state index contributed by atoms with van der Waals surface area (Å²) in [6.07, 6.45) is 3.43. The summed E-state index contributed by atoms with van der Waals surface area (Å²) in [4.78, 5) is 21.4. The van der Waals surface area contributed by atoms with Gasteiger partial charge in [0.15, 0.2) is 5.15 Å². The first-order valence-corrected chi connectivity index (χ1v) is 6.67. The van der Waals surface area contributed by atoms with Crippen LogP contribution < -0.4 is 4.90 Å². The van der Waals surface area contributed by atoms with Crippen molar-refractivity contribution in [3.05, 3.63) is 29.7 Å². The lowest BCUT2D eigenvalue weighted by atomic mass is 10.3. The Morgan fingerprint density at radius 2 is 2.33 bits per heavy atom. The summed E-state index contributed by atoms with van der Waals surface area (Å²) >= 11 is 7.49. The second-order valence-electron chi connectivity index (χ2n) is 3.62. The minimum atomic E-state index is -0.0409. The number of rotatable bonds is 3. The van der Waals surface area contributed by atoms with Gasteiger partial charge in [-0.3, -0.25) is 9.78 Å². The number of nitrogens with zero attached hydrogens (tertiary/aromatic N) is 3. The van der Waals surface area contributed by atoms with Crippen LogP contribution in [0.25, 0.3) is 10.6 Å². The van der Waals surface area contributed by atoms with Crippen LogP contribution in [0.5, 0.6) is 0 Å². The van der Waals surface area contributed by atoms with E-state index in [9.17, 15) is 4.79 Å². The molecule has 4 nitrogen and oxygen atoms in total. The van der Waals surface area contributed by atoms with E-state index < -0.39 is 0 Å². The van der Waals surface area contributed by atoms with Gasteiger partial charge in [0.1, 0.15) is 10.0 Å². The summed E-state index contributed by atoms with van der Waals surface area (Å²) in [5, 5.41) is 1.81. The predicted octanol–water partition coefficient (Wildman–Crippen LogP) is 3.23. The highest BCUT2D eigenvalue weighted by molar-refractivity contribution is 7.19. The fraction of sp³-hybridized carbons (Fsp3) is 0.250. The van der Waals surface area contributed by atoms with Crippen LogP contribution in [0.15, 0.2) is 24.5 Å². The average molecular weight is 282 g/mol. The minimum absolute atomic E-state index is 0.0409. The van der Waals surface area contributed by atoms with Gasteiger partial charge in [0.25, 0.3) is 0 Å². The molecule has 0 aliphatic rings. The highest BCUT2D eigenvalue weighted by Gasteiger charge is 2.18. The van der Waals surface area contributed by atoms with Gasteiger partial charge in [-0.05, 0) is 19.1 Å². The van der Waals surface area contributed by atoms with Crippen LogP contribution in [0, 0.1) is 0 Å². The molecule has 0 N–H and O–H groups in total. The lowest BCUT2D eigenvalue weighted by molar-refractivity contribution is -0.116. The molecule has 0 atom stereocenters. The molecule has 94 valence electrons. The normalized spacial score (nSPS) is 10.4. The topological polar surface area (TPSA) is 46.1 Å². The average Bonchev–Trinajstić information content (AvgIpc) is 2.73. The molecule has 0 unspecified atom stereocenters. The maximum Gasteiger partial charge on any atom is 0.224 e. The van der Waals surface area contributed by atoms with Gasteiger partial charge in [-0.15, -0.1) is 0 Å². The van der Waals surface area contributed by atoms with E-state index in [1.54, 1.807) is 17.3 Å². The number of hydrogen-bond acceptors (Lipinski definition) is 4. The van der Waals surface area contributed by atoms with Gasteiger partial charge in [-0.2, -0.15) is 0 Å². The van der Waals surface area contributed by atoms with E-state index in [0.29, 0.717) is 16.7 Å². The molecule has 0 spiro atoms. The number of amides is 1. The summed E-state index contributed by atoms with van der Waals surface area (Å²) in [5.41, 5.74) is 0.898. The van der Waals surface area contributed by atoms with Crippen molar-refractivity contribution in [2.24, 2.45) is 0 Å². The van der Waals surface area contributed by atoms with Crippen LogP contribution in [-0.4, -0.2) is 22.4 Å². The van der Waals surface area contributed by atoms with Crippen molar-refractivity contribution in [2.45, 2.75) is 13.8 Å². The van der Waals surface area contributed by atoms with Gasteiger partial charge in [0.05, 0.1) is 0 Å². The summed E-state index contributed by atoms with van der Waals surface area (Å²) in [5.74, 6) is -0.0409. The molecule has 2 heterocycles. The fourth-order valence-electron chi connectivity index (χ4n) is 1.58. The number of thiazole rings is 1. The van der Waals surface area contributed by atoms with Crippen molar-refractivity contribution >= 4 is 33.8 Å². The number of anilines is 1. The van der Waals surface area contributed by atoms with Crippen molar-refractivity contribution < 1.29 is 4.79 Å². The molecule has 2 rings (SSSR count). The third-order valence-electron chi connectivity index (χ3n) is 2.42. The summed E-state index contributed by atoms with van der Waals surface area (Å²) in [7, 11) is 0. The van der Waals surface area contributed by atoms with Gasteiger partial charge in [0, 0.05) is 31.4 Å². The third kappa shape index (κ3) is 2.52. The second kappa shape index (κ2) is 5.46. The highest BCUT2D eigenvalue weighted by atomic mass is 35.5. The largest absolute Gasteiger partial charge is 0.302 e. The van der Waals surface area contributed by atoms with Crippen molar-refractivity contribution in [3.8, 4) is 10.6 Å². The van der Waals surface area contributed by atoms with Crippen molar-refractivity contribution in [3.63, 3.8) is 0 Å². The van der Waals surface area contributed by atoms with Crippen LogP contribution in [0.2, 0.25) is 5.15 Å². The molecule has 6 heteroatoms. The highest BCUT2D eigenvalue weighted by Crippen LogP contribution is 2.37. The predicted molar refractivity (Wildman–Crippen MR) is 74.1 cm³/mol. The summed E-state index contributed by atoms with van der Waals surface area (Å²) < 4.78 is 0. The maximum atomic E-state index is 11.5. The molecule has 18 heavy (non-hydrogen) atoms. The van der Waals surface area contributed by atoms with E-state index in [4.69, 9.17) is 11.6 Å². The van der Waals surface area contributed by atoms with Gasteiger partial charge in [0.2, 0.25) is 5.91 Å². The van der Waals surface area contributed by atoms with Crippen LogP contribution in [-0.2, 0) is 4.79 Å². The molecule has 0 saturated carbocycles. The Labute approximate surface area is 114 Å². The first kappa shape index (κ1) is 13.0. The molecule has 0 aliphatic carbocycles. The Bertz CT molecular complexity index is 556. The SMILES string of the molecule is CCN(C(C)=O)c1sc(-c2cccnc2)nc1Cl. The van der Waals surface area contributed by atoms with E-state index in [1.807, 2.05) is 19.1 Å². The molecule has 2 aromatic heterocycles.